The van der Waals surface area contributed by atoms with Crippen LogP contribution in [0.2, 0.25) is 0 Å². The smallest absolute Gasteiger partial charge is 0.338 e. The van der Waals surface area contributed by atoms with E-state index in [1.54, 1.807) is 12.1 Å². The van der Waals surface area contributed by atoms with Gasteiger partial charge in [0.05, 0.1) is 18.2 Å². The van der Waals surface area contributed by atoms with Gasteiger partial charge in [0.25, 0.3) is 5.91 Å². The first-order valence-electron chi connectivity index (χ1n) is 7.15. The van der Waals surface area contributed by atoms with Gasteiger partial charge in [0.2, 0.25) is 0 Å². The lowest BCUT2D eigenvalue weighted by molar-refractivity contribution is 0.0596. The highest BCUT2D eigenvalue weighted by atomic mass is 16.5. The summed E-state index contributed by atoms with van der Waals surface area (Å²) >= 11 is 0. The number of amides is 1. The summed E-state index contributed by atoms with van der Waals surface area (Å²) in [5.74, 6) is -0.797. The van der Waals surface area contributed by atoms with Gasteiger partial charge in [-0.05, 0) is 31.0 Å². The molecule has 0 heterocycles. The summed E-state index contributed by atoms with van der Waals surface area (Å²) in [5.41, 5.74) is 3.35. The molecule has 4 nitrogen and oxygen atoms in total. The molecule has 0 aliphatic carbocycles. The lowest BCUT2D eigenvalue weighted by atomic mass is 9.94. The number of methoxy groups -OCH3 is 1. The molecule has 0 spiro atoms. The maximum atomic E-state index is 12.4. The molecular weight excluding hydrogens is 278 g/mol. The molecule has 0 unspecified atom stereocenters. The van der Waals surface area contributed by atoms with Crippen molar-refractivity contribution in [2.75, 3.05) is 13.7 Å². The summed E-state index contributed by atoms with van der Waals surface area (Å²) in [4.78, 5) is 24.4. The van der Waals surface area contributed by atoms with Gasteiger partial charge >= 0.3 is 5.97 Å². The fraction of sp³-hybridized carbons (Fsp3) is 0.222. The van der Waals surface area contributed by atoms with E-state index in [9.17, 15) is 9.59 Å². The van der Waals surface area contributed by atoms with Crippen LogP contribution in [-0.4, -0.2) is 25.5 Å². The number of aryl methyl sites for hydroxylation is 1. The van der Waals surface area contributed by atoms with Crippen LogP contribution in [0.4, 0.5) is 0 Å². The maximum Gasteiger partial charge on any atom is 0.338 e. The van der Waals surface area contributed by atoms with E-state index >= 15 is 0 Å². The third-order valence-electron chi connectivity index (χ3n) is 3.40. The van der Waals surface area contributed by atoms with E-state index in [0.29, 0.717) is 17.7 Å². The van der Waals surface area contributed by atoms with Gasteiger partial charge in [-0.25, -0.2) is 4.79 Å². The van der Waals surface area contributed by atoms with Crippen molar-refractivity contribution in [3.8, 4) is 11.1 Å². The van der Waals surface area contributed by atoms with Gasteiger partial charge in [0.15, 0.2) is 0 Å². The standard InChI is InChI=1S/C18H19NO3/c1-4-19-17(20)16-14(13-10-8-12(2)9-11-13)6-5-7-15(16)18(21)22-3/h5-11H,4H2,1-3H3,(H,19,20). The third-order valence-corrected chi connectivity index (χ3v) is 3.40. The number of rotatable bonds is 4. The Morgan fingerprint density at radius 1 is 1.09 bits per heavy atom. The second kappa shape index (κ2) is 6.89. The molecule has 1 N–H and O–H groups in total. The molecule has 22 heavy (non-hydrogen) atoms. The Hall–Kier alpha value is -2.62. The van der Waals surface area contributed by atoms with Crippen LogP contribution in [0.25, 0.3) is 11.1 Å². The molecule has 0 saturated carbocycles. The number of carbonyl (C=O) groups is 2. The molecule has 0 radical (unpaired) electrons. The highest BCUT2D eigenvalue weighted by molar-refractivity contribution is 6.09. The minimum absolute atomic E-state index is 0.270. The minimum Gasteiger partial charge on any atom is -0.465 e. The van der Waals surface area contributed by atoms with E-state index in [1.165, 1.54) is 7.11 Å². The van der Waals surface area contributed by atoms with Crippen LogP contribution < -0.4 is 5.32 Å². The van der Waals surface area contributed by atoms with E-state index < -0.39 is 5.97 Å². The summed E-state index contributed by atoms with van der Waals surface area (Å²) in [6, 6.07) is 13.0. The van der Waals surface area contributed by atoms with Crippen molar-refractivity contribution in [1.29, 1.82) is 0 Å². The fourth-order valence-electron chi connectivity index (χ4n) is 2.30. The highest BCUT2D eigenvalue weighted by Crippen LogP contribution is 2.27. The van der Waals surface area contributed by atoms with Gasteiger partial charge in [0, 0.05) is 6.54 Å². The Labute approximate surface area is 130 Å². The van der Waals surface area contributed by atoms with Crippen LogP contribution in [0.3, 0.4) is 0 Å². The number of carbonyl (C=O) groups excluding carboxylic acids is 2. The van der Waals surface area contributed by atoms with Crippen LogP contribution in [0, 0.1) is 6.92 Å². The average Bonchev–Trinajstić information content (AvgIpc) is 2.54. The Morgan fingerprint density at radius 3 is 2.36 bits per heavy atom. The van der Waals surface area contributed by atoms with E-state index in [4.69, 9.17) is 4.74 Å². The normalized spacial score (nSPS) is 10.1. The molecule has 0 atom stereocenters. The summed E-state index contributed by atoms with van der Waals surface area (Å²) in [6.45, 7) is 4.32. The SMILES string of the molecule is CCNC(=O)c1c(C(=O)OC)cccc1-c1ccc(C)cc1. The van der Waals surface area contributed by atoms with Crippen molar-refractivity contribution in [3.05, 3.63) is 59.2 Å². The zero-order chi connectivity index (χ0) is 16.1. The Bertz CT molecular complexity index is 690. The monoisotopic (exact) mass is 297 g/mol. The predicted molar refractivity (Wildman–Crippen MR) is 86.0 cm³/mol. The molecule has 0 saturated heterocycles. The van der Waals surface area contributed by atoms with Crippen molar-refractivity contribution in [2.24, 2.45) is 0 Å². The van der Waals surface area contributed by atoms with Gasteiger partial charge in [-0.15, -0.1) is 0 Å². The molecule has 0 aromatic heterocycles. The van der Waals surface area contributed by atoms with Crippen molar-refractivity contribution < 1.29 is 14.3 Å². The number of ether oxygens (including phenoxy) is 1. The largest absolute Gasteiger partial charge is 0.465 e. The summed E-state index contributed by atoms with van der Waals surface area (Å²) in [5, 5.41) is 2.76. The van der Waals surface area contributed by atoms with E-state index in [-0.39, 0.29) is 11.5 Å². The zero-order valence-corrected chi connectivity index (χ0v) is 13.0. The van der Waals surface area contributed by atoms with Gasteiger partial charge in [0.1, 0.15) is 0 Å². The van der Waals surface area contributed by atoms with Crippen molar-refractivity contribution in [2.45, 2.75) is 13.8 Å². The van der Waals surface area contributed by atoms with E-state index in [1.807, 2.05) is 44.2 Å². The van der Waals surface area contributed by atoms with Crippen LogP contribution in [0.15, 0.2) is 42.5 Å². The molecule has 2 aromatic rings. The molecular formula is C18H19NO3. The predicted octanol–water partition coefficient (Wildman–Crippen LogP) is 3.20. The van der Waals surface area contributed by atoms with E-state index in [0.717, 1.165) is 11.1 Å². The average molecular weight is 297 g/mol. The summed E-state index contributed by atoms with van der Waals surface area (Å²) < 4.78 is 4.80. The molecule has 0 aliphatic heterocycles. The topological polar surface area (TPSA) is 55.4 Å². The minimum atomic E-state index is -0.518. The van der Waals surface area contributed by atoms with Crippen molar-refractivity contribution in [3.63, 3.8) is 0 Å². The number of nitrogens with one attached hydrogen (secondary N) is 1. The van der Waals surface area contributed by atoms with Gasteiger partial charge < -0.3 is 10.1 Å². The first-order valence-corrected chi connectivity index (χ1v) is 7.15. The molecule has 2 rings (SSSR count). The van der Waals surface area contributed by atoms with Gasteiger partial charge in [-0.1, -0.05) is 42.0 Å². The van der Waals surface area contributed by atoms with Crippen LogP contribution in [0.5, 0.6) is 0 Å². The fourth-order valence-corrected chi connectivity index (χ4v) is 2.30. The Kier molecular flexibility index (Phi) is 4.94. The zero-order valence-electron chi connectivity index (χ0n) is 13.0. The maximum absolute atomic E-state index is 12.4. The van der Waals surface area contributed by atoms with Gasteiger partial charge in [-0.2, -0.15) is 0 Å². The van der Waals surface area contributed by atoms with Crippen LogP contribution in [0.1, 0.15) is 33.2 Å². The summed E-state index contributed by atoms with van der Waals surface area (Å²) in [7, 11) is 1.31. The lowest BCUT2D eigenvalue weighted by Gasteiger charge is -2.13. The van der Waals surface area contributed by atoms with Crippen molar-refractivity contribution >= 4 is 11.9 Å². The Morgan fingerprint density at radius 2 is 1.77 bits per heavy atom. The molecule has 114 valence electrons. The molecule has 0 aliphatic rings. The van der Waals surface area contributed by atoms with Crippen LogP contribution in [-0.2, 0) is 4.74 Å². The number of hydrogen-bond acceptors (Lipinski definition) is 3. The Balaban J connectivity index is 2.64. The number of esters is 1. The quantitative estimate of drug-likeness (QED) is 0.882. The van der Waals surface area contributed by atoms with Crippen LogP contribution >= 0.6 is 0 Å². The molecule has 4 heteroatoms. The first-order chi connectivity index (χ1) is 10.6. The molecule has 0 fully saturated rings. The molecule has 2 aromatic carbocycles. The first kappa shape index (κ1) is 15.8. The number of benzene rings is 2. The number of hydrogen-bond donors (Lipinski definition) is 1. The lowest BCUT2D eigenvalue weighted by Crippen LogP contribution is -2.26. The van der Waals surface area contributed by atoms with Crippen molar-refractivity contribution in [1.82, 2.24) is 5.32 Å². The second-order valence-electron chi connectivity index (χ2n) is 4.95. The summed E-state index contributed by atoms with van der Waals surface area (Å²) in [6.07, 6.45) is 0. The molecule has 1 amide bonds. The highest BCUT2D eigenvalue weighted by Gasteiger charge is 2.21. The van der Waals surface area contributed by atoms with E-state index in [2.05, 4.69) is 5.32 Å². The third kappa shape index (κ3) is 3.17. The molecule has 0 bridgehead atoms. The van der Waals surface area contributed by atoms with Gasteiger partial charge in [-0.3, -0.25) is 4.79 Å². The second-order valence-corrected chi connectivity index (χ2v) is 4.95.